The molecule has 160 valence electrons. The van der Waals surface area contributed by atoms with E-state index in [9.17, 15) is 4.79 Å². The Morgan fingerprint density at radius 1 is 1.10 bits per heavy atom. The van der Waals surface area contributed by atoms with Crippen molar-refractivity contribution >= 4 is 11.7 Å². The molecule has 7 nitrogen and oxygen atoms in total. The van der Waals surface area contributed by atoms with Crippen LogP contribution in [-0.2, 0) is 11.3 Å². The van der Waals surface area contributed by atoms with Crippen molar-refractivity contribution in [2.75, 3.05) is 26.3 Å². The zero-order chi connectivity index (χ0) is 21.6. The number of nitrogens with zero attached hydrogens (tertiary/aromatic N) is 3. The fourth-order valence-corrected chi connectivity index (χ4v) is 3.54. The lowest BCUT2D eigenvalue weighted by Crippen LogP contribution is -2.44. The molecule has 0 spiro atoms. The Morgan fingerprint density at radius 3 is 2.61 bits per heavy atom. The number of morpholine rings is 1. The lowest BCUT2D eigenvalue weighted by molar-refractivity contribution is 0.0674. The van der Waals surface area contributed by atoms with Gasteiger partial charge in [0.2, 0.25) is 0 Å². The van der Waals surface area contributed by atoms with Gasteiger partial charge in [-0.25, -0.2) is 4.99 Å². The van der Waals surface area contributed by atoms with Crippen LogP contribution in [0.3, 0.4) is 0 Å². The molecule has 1 unspecified atom stereocenters. The third-order valence-electron chi connectivity index (χ3n) is 5.44. The molecule has 0 aliphatic carbocycles. The quantitative estimate of drug-likeness (QED) is 0.375. The van der Waals surface area contributed by atoms with Gasteiger partial charge < -0.3 is 19.9 Å². The minimum atomic E-state index is -0.0263. The van der Waals surface area contributed by atoms with Gasteiger partial charge in [-0.1, -0.05) is 60.6 Å². The summed E-state index contributed by atoms with van der Waals surface area (Å²) in [7, 11) is 0. The van der Waals surface area contributed by atoms with E-state index in [1.807, 2.05) is 72.5 Å². The molecule has 1 saturated heterocycles. The number of carbonyl (C=O) groups is 1. The summed E-state index contributed by atoms with van der Waals surface area (Å²) in [5.41, 5.74) is 9.19. The normalized spacial score (nSPS) is 15.6. The molecule has 2 N–H and O–H groups in total. The number of ketones is 1. The number of rotatable bonds is 6. The second-order valence-electron chi connectivity index (χ2n) is 7.53. The van der Waals surface area contributed by atoms with Crippen molar-refractivity contribution in [3.8, 4) is 0 Å². The van der Waals surface area contributed by atoms with E-state index in [1.54, 1.807) is 0 Å². The van der Waals surface area contributed by atoms with Crippen molar-refractivity contribution in [1.82, 2.24) is 10.1 Å². The second kappa shape index (κ2) is 9.57. The van der Waals surface area contributed by atoms with E-state index in [4.69, 9.17) is 15.0 Å². The average molecular weight is 418 g/mol. The van der Waals surface area contributed by atoms with Gasteiger partial charge in [-0.3, -0.25) is 4.79 Å². The first-order chi connectivity index (χ1) is 15.1. The van der Waals surface area contributed by atoms with E-state index in [0.717, 1.165) is 24.3 Å². The molecule has 7 heteroatoms. The fraction of sp³-hybridized carbons (Fsp3) is 0.292. The van der Waals surface area contributed by atoms with Crippen LogP contribution in [0.2, 0.25) is 0 Å². The number of hydrogen-bond donors (Lipinski definition) is 1. The minimum Gasteiger partial charge on any atom is -0.378 e. The van der Waals surface area contributed by atoms with Crippen LogP contribution in [0.5, 0.6) is 0 Å². The summed E-state index contributed by atoms with van der Waals surface area (Å²) >= 11 is 0. The summed E-state index contributed by atoms with van der Waals surface area (Å²) in [4.78, 5) is 19.2. The number of aliphatic imine (C=N–C) groups is 1. The Kier molecular flexibility index (Phi) is 6.43. The van der Waals surface area contributed by atoms with Crippen LogP contribution in [0.25, 0.3) is 0 Å². The van der Waals surface area contributed by atoms with Crippen LogP contribution in [0.1, 0.15) is 45.8 Å². The lowest BCUT2D eigenvalue weighted by atomic mass is 9.93. The number of ether oxygens (including phenoxy) is 1. The van der Waals surface area contributed by atoms with Gasteiger partial charge in [0.1, 0.15) is 6.54 Å². The highest BCUT2D eigenvalue weighted by Gasteiger charge is 2.17. The summed E-state index contributed by atoms with van der Waals surface area (Å²) in [6.07, 6.45) is 0. The van der Waals surface area contributed by atoms with Gasteiger partial charge in [-0.15, -0.1) is 0 Å². The maximum absolute atomic E-state index is 12.8. The van der Waals surface area contributed by atoms with Crippen molar-refractivity contribution in [3.05, 3.63) is 88.8 Å². The Morgan fingerprint density at radius 2 is 1.84 bits per heavy atom. The minimum absolute atomic E-state index is 0.00316. The van der Waals surface area contributed by atoms with Crippen LogP contribution in [0, 0.1) is 0 Å². The highest BCUT2D eigenvalue weighted by atomic mass is 16.5. The maximum atomic E-state index is 12.8. The molecule has 31 heavy (non-hydrogen) atoms. The molecule has 1 fully saturated rings. The second-order valence-corrected chi connectivity index (χ2v) is 7.53. The van der Waals surface area contributed by atoms with Gasteiger partial charge in [0, 0.05) is 36.2 Å². The molecule has 3 aromatic rings. The summed E-state index contributed by atoms with van der Waals surface area (Å²) in [5, 5.41) is 4.21. The van der Waals surface area contributed by atoms with Gasteiger partial charge in [-0.2, -0.15) is 0 Å². The third kappa shape index (κ3) is 5.00. The lowest BCUT2D eigenvalue weighted by Gasteiger charge is -2.27. The predicted molar refractivity (Wildman–Crippen MR) is 118 cm³/mol. The number of aromatic nitrogens is 1. The molecular weight excluding hydrogens is 392 g/mol. The van der Waals surface area contributed by atoms with Crippen LogP contribution < -0.4 is 5.73 Å². The third-order valence-corrected chi connectivity index (χ3v) is 5.44. The molecule has 0 radical (unpaired) electrons. The largest absolute Gasteiger partial charge is 0.378 e. The van der Waals surface area contributed by atoms with E-state index in [2.05, 4.69) is 10.1 Å². The number of hydrogen-bond acceptors (Lipinski definition) is 5. The first kappa shape index (κ1) is 20.8. The van der Waals surface area contributed by atoms with Gasteiger partial charge in [0.25, 0.3) is 0 Å². The molecule has 2 aromatic carbocycles. The summed E-state index contributed by atoms with van der Waals surface area (Å²) < 4.78 is 10.8. The SMILES string of the molecule is CC(c1cccc(C(=O)c2ccccc2)c1)c1cc(CN=C(N)N2CCOCC2)on1. The number of carbonyl (C=O) groups excluding carboxylic acids is 1. The molecule has 4 rings (SSSR count). The Hall–Kier alpha value is -3.45. The molecule has 0 amide bonds. The van der Waals surface area contributed by atoms with Crippen LogP contribution in [-0.4, -0.2) is 48.1 Å². The van der Waals surface area contributed by atoms with E-state index < -0.39 is 0 Å². The van der Waals surface area contributed by atoms with Crippen LogP contribution in [0.4, 0.5) is 0 Å². The molecule has 1 aliphatic rings. The zero-order valence-corrected chi connectivity index (χ0v) is 17.5. The average Bonchev–Trinajstić information content (AvgIpc) is 3.32. The van der Waals surface area contributed by atoms with Crippen LogP contribution >= 0.6 is 0 Å². The standard InChI is InChI=1S/C24H26N4O3/c1-17(19-8-5-9-20(14-19)23(29)18-6-3-2-4-7-18)22-15-21(31-27-22)16-26-24(25)28-10-12-30-13-11-28/h2-9,14-15,17H,10-13,16H2,1H3,(H2,25,26). The van der Waals surface area contributed by atoms with E-state index in [-0.39, 0.29) is 11.7 Å². The van der Waals surface area contributed by atoms with Crippen molar-refractivity contribution in [2.45, 2.75) is 19.4 Å². The highest BCUT2D eigenvalue weighted by molar-refractivity contribution is 6.09. The Balaban J connectivity index is 1.45. The van der Waals surface area contributed by atoms with Crippen molar-refractivity contribution in [3.63, 3.8) is 0 Å². The molecule has 0 bridgehead atoms. The number of nitrogens with two attached hydrogens (primary N) is 1. The van der Waals surface area contributed by atoms with Crippen molar-refractivity contribution in [2.24, 2.45) is 10.7 Å². The topological polar surface area (TPSA) is 94.0 Å². The van der Waals surface area contributed by atoms with Gasteiger partial charge in [0.15, 0.2) is 17.5 Å². The highest BCUT2D eigenvalue weighted by Crippen LogP contribution is 2.25. The van der Waals surface area contributed by atoms with E-state index in [1.165, 1.54) is 0 Å². The van der Waals surface area contributed by atoms with Gasteiger partial charge >= 0.3 is 0 Å². The van der Waals surface area contributed by atoms with Crippen molar-refractivity contribution < 1.29 is 14.1 Å². The number of guanidine groups is 1. The van der Waals surface area contributed by atoms with E-state index in [0.29, 0.717) is 42.6 Å². The summed E-state index contributed by atoms with van der Waals surface area (Å²) in [6, 6.07) is 18.8. The maximum Gasteiger partial charge on any atom is 0.193 e. The molecule has 1 aromatic heterocycles. The molecule has 0 saturated carbocycles. The smallest absolute Gasteiger partial charge is 0.193 e. The first-order valence-corrected chi connectivity index (χ1v) is 10.4. The molecule has 1 atom stereocenters. The zero-order valence-electron chi connectivity index (χ0n) is 17.5. The monoisotopic (exact) mass is 418 g/mol. The summed E-state index contributed by atoms with van der Waals surface area (Å²) in [6.45, 7) is 5.17. The fourth-order valence-electron chi connectivity index (χ4n) is 3.54. The van der Waals surface area contributed by atoms with Gasteiger partial charge in [-0.05, 0) is 11.6 Å². The molecule has 1 aliphatic heterocycles. The number of benzene rings is 2. The molecular formula is C24H26N4O3. The first-order valence-electron chi connectivity index (χ1n) is 10.4. The molecule has 2 heterocycles. The summed E-state index contributed by atoms with van der Waals surface area (Å²) in [5.74, 6) is 1.11. The van der Waals surface area contributed by atoms with Crippen molar-refractivity contribution in [1.29, 1.82) is 0 Å². The van der Waals surface area contributed by atoms with Crippen LogP contribution in [0.15, 0.2) is 70.2 Å². The van der Waals surface area contributed by atoms with E-state index >= 15 is 0 Å². The Bertz CT molecular complexity index is 1060. The van der Waals surface area contributed by atoms with Gasteiger partial charge in [0.05, 0.1) is 18.9 Å². The predicted octanol–water partition coefficient (Wildman–Crippen LogP) is 3.20. The Labute approximate surface area is 181 Å².